The van der Waals surface area contributed by atoms with Crippen molar-refractivity contribution in [1.29, 1.82) is 0 Å². The van der Waals surface area contributed by atoms with Crippen LogP contribution in [-0.4, -0.2) is 31.6 Å². The smallest absolute Gasteiger partial charge is 0.150 e. The van der Waals surface area contributed by atoms with E-state index in [9.17, 15) is 13.5 Å². The van der Waals surface area contributed by atoms with Crippen molar-refractivity contribution in [2.24, 2.45) is 17.8 Å². The third kappa shape index (κ3) is 4.42. The first-order valence-electron chi connectivity index (χ1n) is 6.26. The molecule has 1 heterocycles. The van der Waals surface area contributed by atoms with Crippen LogP contribution in [0, 0.1) is 17.8 Å². The van der Waals surface area contributed by atoms with Gasteiger partial charge in [0.25, 0.3) is 0 Å². The minimum atomic E-state index is -2.80. The standard InChI is InChI=1S/C12H24O3S/c1-10(2)4-3-5-11(8-13)12-6-7-16(14,15)9-12/h10-13H,3-9H2,1-2H3. The monoisotopic (exact) mass is 248 g/mol. The van der Waals surface area contributed by atoms with Crippen molar-refractivity contribution in [3.8, 4) is 0 Å². The third-order valence-corrected chi connectivity index (χ3v) is 5.32. The van der Waals surface area contributed by atoms with Crippen molar-refractivity contribution in [2.75, 3.05) is 18.1 Å². The Morgan fingerprint density at radius 2 is 2.00 bits per heavy atom. The number of hydrogen-bond acceptors (Lipinski definition) is 3. The summed E-state index contributed by atoms with van der Waals surface area (Å²) in [6.45, 7) is 4.51. The van der Waals surface area contributed by atoms with Gasteiger partial charge in [-0.1, -0.05) is 26.7 Å². The topological polar surface area (TPSA) is 54.4 Å². The Bertz CT molecular complexity index is 295. The highest BCUT2D eigenvalue weighted by Gasteiger charge is 2.32. The Balaban J connectivity index is 2.37. The molecule has 0 spiro atoms. The van der Waals surface area contributed by atoms with E-state index in [-0.39, 0.29) is 18.4 Å². The molecule has 1 aliphatic heterocycles. The summed E-state index contributed by atoms with van der Waals surface area (Å²) in [6.07, 6.45) is 3.97. The fourth-order valence-corrected chi connectivity index (χ4v) is 4.38. The number of rotatable bonds is 6. The van der Waals surface area contributed by atoms with Crippen molar-refractivity contribution >= 4 is 9.84 Å². The molecule has 1 aliphatic rings. The summed E-state index contributed by atoms with van der Waals surface area (Å²) < 4.78 is 22.7. The molecular formula is C12H24O3S. The molecule has 0 aliphatic carbocycles. The zero-order valence-corrected chi connectivity index (χ0v) is 11.2. The van der Waals surface area contributed by atoms with Gasteiger partial charge in [0.1, 0.15) is 0 Å². The van der Waals surface area contributed by atoms with E-state index in [1.54, 1.807) is 0 Å². The van der Waals surface area contributed by atoms with Gasteiger partial charge in [-0.25, -0.2) is 8.42 Å². The normalized spacial score (nSPS) is 26.1. The highest BCUT2D eigenvalue weighted by Crippen LogP contribution is 2.29. The van der Waals surface area contributed by atoms with Crippen LogP contribution >= 0.6 is 0 Å². The van der Waals surface area contributed by atoms with E-state index in [0.29, 0.717) is 17.4 Å². The quantitative estimate of drug-likeness (QED) is 0.780. The summed E-state index contributed by atoms with van der Waals surface area (Å²) in [5.41, 5.74) is 0. The van der Waals surface area contributed by atoms with Crippen molar-refractivity contribution < 1.29 is 13.5 Å². The molecule has 16 heavy (non-hydrogen) atoms. The largest absolute Gasteiger partial charge is 0.396 e. The summed E-state index contributed by atoms with van der Waals surface area (Å²) in [6, 6.07) is 0. The molecule has 1 N–H and O–H groups in total. The van der Waals surface area contributed by atoms with E-state index >= 15 is 0 Å². The Morgan fingerprint density at radius 1 is 1.31 bits per heavy atom. The average molecular weight is 248 g/mol. The molecular weight excluding hydrogens is 224 g/mol. The lowest BCUT2D eigenvalue weighted by Crippen LogP contribution is -2.20. The molecule has 1 rings (SSSR count). The highest BCUT2D eigenvalue weighted by molar-refractivity contribution is 7.91. The van der Waals surface area contributed by atoms with Gasteiger partial charge in [0.05, 0.1) is 11.5 Å². The zero-order valence-electron chi connectivity index (χ0n) is 10.4. The molecule has 0 aromatic heterocycles. The van der Waals surface area contributed by atoms with Crippen molar-refractivity contribution in [1.82, 2.24) is 0 Å². The molecule has 0 aromatic rings. The van der Waals surface area contributed by atoms with Crippen LogP contribution in [0.15, 0.2) is 0 Å². The van der Waals surface area contributed by atoms with E-state index in [1.165, 1.54) is 0 Å². The van der Waals surface area contributed by atoms with E-state index in [0.717, 1.165) is 25.7 Å². The van der Waals surface area contributed by atoms with Gasteiger partial charge in [0.15, 0.2) is 9.84 Å². The molecule has 96 valence electrons. The predicted molar refractivity (Wildman–Crippen MR) is 66.0 cm³/mol. The van der Waals surface area contributed by atoms with E-state index in [2.05, 4.69) is 13.8 Å². The van der Waals surface area contributed by atoms with Crippen LogP contribution in [0.4, 0.5) is 0 Å². The lowest BCUT2D eigenvalue weighted by atomic mass is 9.87. The van der Waals surface area contributed by atoms with Crippen LogP contribution < -0.4 is 0 Å². The van der Waals surface area contributed by atoms with Crippen LogP contribution in [0.1, 0.15) is 39.5 Å². The van der Waals surface area contributed by atoms with Crippen molar-refractivity contribution in [2.45, 2.75) is 39.5 Å². The summed E-state index contributed by atoms with van der Waals surface area (Å²) >= 11 is 0. The van der Waals surface area contributed by atoms with Crippen LogP contribution in [0.5, 0.6) is 0 Å². The van der Waals surface area contributed by atoms with Crippen LogP contribution in [0.25, 0.3) is 0 Å². The van der Waals surface area contributed by atoms with Gasteiger partial charge < -0.3 is 5.11 Å². The Labute approximate surface area is 99.2 Å². The second-order valence-electron chi connectivity index (χ2n) is 5.43. The summed E-state index contributed by atoms with van der Waals surface area (Å²) in [7, 11) is -2.80. The minimum absolute atomic E-state index is 0.137. The third-order valence-electron chi connectivity index (χ3n) is 3.53. The van der Waals surface area contributed by atoms with Gasteiger partial charge in [-0.3, -0.25) is 0 Å². The molecule has 4 heteroatoms. The summed E-state index contributed by atoms with van der Waals surface area (Å²) in [5, 5.41) is 9.33. The summed E-state index contributed by atoms with van der Waals surface area (Å²) in [4.78, 5) is 0. The van der Waals surface area contributed by atoms with Gasteiger partial charge in [-0.15, -0.1) is 0 Å². The Morgan fingerprint density at radius 3 is 2.44 bits per heavy atom. The molecule has 0 saturated carbocycles. The second-order valence-corrected chi connectivity index (χ2v) is 7.66. The van der Waals surface area contributed by atoms with Crippen LogP contribution in [-0.2, 0) is 9.84 Å². The lowest BCUT2D eigenvalue weighted by Gasteiger charge is -2.20. The van der Waals surface area contributed by atoms with E-state index < -0.39 is 9.84 Å². The fourth-order valence-electron chi connectivity index (χ4n) is 2.46. The van der Waals surface area contributed by atoms with Gasteiger partial charge in [-0.05, 0) is 30.6 Å². The maximum atomic E-state index is 11.4. The lowest BCUT2D eigenvalue weighted by molar-refractivity contribution is 0.172. The fraction of sp³-hybridized carbons (Fsp3) is 1.00. The molecule has 1 fully saturated rings. The van der Waals surface area contributed by atoms with Gasteiger partial charge >= 0.3 is 0 Å². The maximum absolute atomic E-state index is 11.4. The zero-order chi connectivity index (χ0) is 12.2. The van der Waals surface area contributed by atoms with Gasteiger partial charge in [-0.2, -0.15) is 0 Å². The molecule has 0 amide bonds. The number of aliphatic hydroxyl groups is 1. The Hall–Kier alpha value is -0.0900. The second kappa shape index (κ2) is 6.01. The summed E-state index contributed by atoms with van der Waals surface area (Å²) in [5.74, 6) is 1.68. The number of hydrogen-bond donors (Lipinski definition) is 1. The van der Waals surface area contributed by atoms with E-state index in [1.807, 2.05) is 0 Å². The predicted octanol–water partition coefficient (Wildman–Crippen LogP) is 1.86. The molecule has 0 bridgehead atoms. The first kappa shape index (κ1) is 14.0. The first-order chi connectivity index (χ1) is 7.44. The Kier molecular flexibility index (Phi) is 5.25. The number of aliphatic hydroxyl groups excluding tert-OH is 1. The minimum Gasteiger partial charge on any atom is -0.396 e. The highest BCUT2D eigenvalue weighted by atomic mass is 32.2. The molecule has 2 atom stereocenters. The van der Waals surface area contributed by atoms with Crippen molar-refractivity contribution in [3.63, 3.8) is 0 Å². The number of sulfone groups is 1. The molecule has 3 nitrogen and oxygen atoms in total. The first-order valence-corrected chi connectivity index (χ1v) is 8.08. The SMILES string of the molecule is CC(C)CCCC(CO)C1CCS(=O)(=O)C1. The molecule has 0 aromatic carbocycles. The van der Waals surface area contributed by atoms with Gasteiger partial charge in [0.2, 0.25) is 0 Å². The van der Waals surface area contributed by atoms with Crippen LogP contribution in [0.2, 0.25) is 0 Å². The molecule has 1 saturated heterocycles. The van der Waals surface area contributed by atoms with Crippen LogP contribution in [0.3, 0.4) is 0 Å². The maximum Gasteiger partial charge on any atom is 0.150 e. The molecule has 2 unspecified atom stereocenters. The average Bonchev–Trinajstić information content (AvgIpc) is 2.53. The van der Waals surface area contributed by atoms with Crippen molar-refractivity contribution in [3.05, 3.63) is 0 Å². The van der Waals surface area contributed by atoms with Gasteiger partial charge in [0, 0.05) is 6.61 Å². The molecule has 0 radical (unpaired) electrons. The van der Waals surface area contributed by atoms with E-state index in [4.69, 9.17) is 0 Å².